The van der Waals surface area contributed by atoms with Crippen LogP contribution in [-0.4, -0.2) is 30.9 Å². The van der Waals surface area contributed by atoms with Crippen molar-refractivity contribution < 1.29 is 31.1 Å². The van der Waals surface area contributed by atoms with Gasteiger partial charge in [0.05, 0.1) is 22.7 Å². The van der Waals surface area contributed by atoms with Gasteiger partial charge in [-0.05, 0) is 36.0 Å². The maximum absolute atomic E-state index is 13.0. The van der Waals surface area contributed by atoms with Crippen LogP contribution in [-0.2, 0) is 6.18 Å². The zero-order valence-corrected chi connectivity index (χ0v) is 16.5. The molecule has 0 spiro atoms. The minimum atomic E-state index is -4.69. The summed E-state index contributed by atoms with van der Waals surface area (Å²) in [6.45, 7) is -0.0168. The molecule has 1 atom stereocenters. The number of carbonyl (C=O) groups excluding carboxylic acids is 1. The largest absolute Gasteiger partial charge is 0.429 e. The fourth-order valence-corrected chi connectivity index (χ4v) is 3.72. The number of amides is 1. The molecular weight excluding hydrogens is 434 g/mol. The Bertz CT molecular complexity index is 871. The molecule has 30 heavy (non-hydrogen) atoms. The lowest BCUT2D eigenvalue weighted by Crippen LogP contribution is -2.33. The number of nitrogens with zero attached hydrogens (tertiary/aromatic N) is 1. The van der Waals surface area contributed by atoms with Crippen LogP contribution in [0, 0.1) is 11.8 Å². The molecule has 1 saturated carbocycles. The minimum Gasteiger partial charge on any atom is -0.351 e. The molecule has 10 heteroatoms. The summed E-state index contributed by atoms with van der Waals surface area (Å²) in [5, 5.41) is 1.91. The lowest BCUT2D eigenvalue weighted by atomic mass is 9.90. The summed E-state index contributed by atoms with van der Waals surface area (Å²) in [5.41, 5.74) is -1.54. The van der Waals surface area contributed by atoms with Crippen molar-refractivity contribution in [1.82, 2.24) is 5.32 Å². The number of allylic oxidation sites excluding steroid dienone is 1. The number of hydrogen-bond acceptors (Lipinski definition) is 2. The maximum Gasteiger partial charge on any atom is 0.429 e. The molecule has 0 radical (unpaired) electrons. The molecule has 1 aromatic carbocycles. The Balaban J connectivity index is 1.69. The predicted molar refractivity (Wildman–Crippen MR) is 101 cm³/mol. The normalized spacial score (nSPS) is 18.5. The van der Waals surface area contributed by atoms with Gasteiger partial charge in [0, 0.05) is 13.0 Å². The molecule has 2 aliphatic rings. The quantitative estimate of drug-likeness (QED) is 0.427. The summed E-state index contributed by atoms with van der Waals surface area (Å²) in [6, 6.07) is 3.09. The smallest absolute Gasteiger partial charge is 0.351 e. The number of halogens is 7. The SMILES string of the molecule is O=C(NCC(CC1CC1)C1=CCC(C(F)(F)F)=NC1)c1cccc(C(F)(F)F)c1Cl. The highest BCUT2D eigenvalue weighted by molar-refractivity contribution is 6.34. The van der Waals surface area contributed by atoms with E-state index in [1.807, 2.05) is 0 Å². The molecule has 1 fully saturated rings. The van der Waals surface area contributed by atoms with Crippen molar-refractivity contribution in [3.63, 3.8) is 0 Å². The molecule has 1 amide bonds. The number of dihydropyridines is 1. The van der Waals surface area contributed by atoms with Gasteiger partial charge in [-0.25, -0.2) is 0 Å². The molecule has 1 N–H and O–H groups in total. The molecule has 3 rings (SSSR count). The van der Waals surface area contributed by atoms with Crippen molar-refractivity contribution >= 4 is 23.2 Å². The monoisotopic (exact) mass is 452 g/mol. The molecule has 1 aliphatic carbocycles. The Morgan fingerprint density at radius 3 is 2.40 bits per heavy atom. The molecule has 164 valence electrons. The van der Waals surface area contributed by atoms with E-state index in [-0.39, 0.29) is 31.0 Å². The second-order valence-electron chi connectivity index (χ2n) is 7.49. The second kappa shape index (κ2) is 8.61. The van der Waals surface area contributed by atoms with Crippen LogP contribution < -0.4 is 5.32 Å². The van der Waals surface area contributed by atoms with E-state index in [9.17, 15) is 31.1 Å². The van der Waals surface area contributed by atoms with Gasteiger partial charge >= 0.3 is 12.4 Å². The van der Waals surface area contributed by atoms with E-state index >= 15 is 0 Å². The molecule has 0 aromatic heterocycles. The Morgan fingerprint density at radius 1 is 1.17 bits per heavy atom. The third kappa shape index (κ3) is 5.56. The van der Waals surface area contributed by atoms with Crippen molar-refractivity contribution in [3.05, 3.63) is 46.0 Å². The summed E-state index contributed by atoms with van der Waals surface area (Å²) < 4.78 is 77.3. The highest BCUT2D eigenvalue weighted by Crippen LogP contribution is 2.39. The van der Waals surface area contributed by atoms with E-state index in [4.69, 9.17) is 11.6 Å². The Morgan fingerprint density at radius 2 is 1.87 bits per heavy atom. The molecule has 0 saturated heterocycles. The Labute approximate surface area is 174 Å². The number of aliphatic imine (C=N–C) groups is 1. The van der Waals surface area contributed by atoms with Gasteiger partial charge in [0.25, 0.3) is 5.91 Å². The van der Waals surface area contributed by atoms with Gasteiger partial charge in [-0.1, -0.05) is 36.6 Å². The van der Waals surface area contributed by atoms with Crippen molar-refractivity contribution in [2.45, 2.75) is 38.0 Å². The van der Waals surface area contributed by atoms with E-state index < -0.39 is 34.6 Å². The summed E-state index contributed by atoms with van der Waals surface area (Å²) in [7, 11) is 0. The van der Waals surface area contributed by atoms with E-state index in [0.29, 0.717) is 17.9 Å². The first-order valence-corrected chi connectivity index (χ1v) is 9.78. The number of rotatable bonds is 6. The van der Waals surface area contributed by atoms with Gasteiger partial charge in [0.15, 0.2) is 0 Å². The molecule has 3 nitrogen and oxygen atoms in total. The predicted octanol–water partition coefficient (Wildman–Crippen LogP) is 5.84. The van der Waals surface area contributed by atoms with Gasteiger partial charge in [-0.15, -0.1) is 0 Å². The molecule has 1 heterocycles. The van der Waals surface area contributed by atoms with Crippen LogP contribution in [0.5, 0.6) is 0 Å². The Kier molecular flexibility index (Phi) is 6.50. The highest BCUT2D eigenvalue weighted by Gasteiger charge is 2.37. The molecular formula is C20H19ClF6N2O. The third-order valence-electron chi connectivity index (χ3n) is 5.23. The first-order chi connectivity index (χ1) is 14.0. The number of benzene rings is 1. The lowest BCUT2D eigenvalue weighted by molar-refractivity contribution is -0.137. The zero-order chi connectivity index (χ0) is 22.1. The van der Waals surface area contributed by atoms with Crippen LogP contribution in [0.2, 0.25) is 5.02 Å². The van der Waals surface area contributed by atoms with Crippen LogP contribution in [0.25, 0.3) is 0 Å². The van der Waals surface area contributed by atoms with Gasteiger partial charge in [-0.2, -0.15) is 26.3 Å². The van der Waals surface area contributed by atoms with Crippen molar-refractivity contribution in [3.8, 4) is 0 Å². The lowest BCUT2D eigenvalue weighted by Gasteiger charge is -2.24. The molecule has 0 bridgehead atoms. The van der Waals surface area contributed by atoms with Gasteiger partial charge < -0.3 is 5.32 Å². The fraction of sp³-hybridized carbons (Fsp3) is 0.500. The van der Waals surface area contributed by atoms with Crippen LogP contribution in [0.4, 0.5) is 26.3 Å². The number of hydrogen-bond donors (Lipinski definition) is 1. The first kappa shape index (κ1) is 22.7. The maximum atomic E-state index is 13.0. The average Bonchev–Trinajstić information content (AvgIpc) is 3.47. The van der Waals surface area contributed by atoms with Gasteiger partial charge in [0.2, 0.25) is 0 Å². The summed E-state index contributed by atoms with van der Waals surface area (Å²) in [5.74, 6) is -0.565. The highest BCUT2D eigenvalue weighted by atomic mass is 35.5. The topological polar surface area (TPSA) is 41.5 Å². The van der Waals surface area contributed by atoms with Crippen molar-refractivity contribution in [2.24, 2.45) is 16.8 Å². The van der Waals surface area contributed by atoms with Crippen LogP contribution in [0.3, 0.4) is 0 Å². The van der Waals surface area contributed by atoms with Crippen LogP contribution >= 0.6 is 11.6 Å². The van der Waals surface area contributed by atoms with Crippen molar-refractivity contribution in [1.29, 1.82) is 0 Å². The van der Waals surface area contributed by atoms with E-state index in [1.165, 1.54) is 12.1 Å². The third-order valence-corrected chi connectivity index (χ3v) is 5.64. The van der Waals surface area contributed by atoms with E-state index in [0.717, 1.165) is 25.0 Å². The van der Waals surface area contributed by atoms with Crippen molar-refractivity contribution in [2.75, 3.05) is 13.1 Å². The number of carbonyl (C=O) groups is 1. The standard InChI is InChI=1S/C20H19ClF6N2O/c21-17-14(2-1-3-15(17)19(22,23)24)18(30)29-10-13(8-11-4-5-11)12-6-7-16(28-9-12)20(25,26)27/h1-3,6,11,13H,4-5,7-10H2,(H,29,30). The molecule has 1 unspecified atom stereocenters. The van der Waals surface area contributed by atoms with Gasteiger partial charge in [0.1, 0.15) is 5.71 Å². The van der Waals surface area contributed by atoms with Crippen LogP contribution in [0.15, 0.2) is 34.8 Å². The minimum absolute atomic E-state index is 0.0879. The van der Waals surface area contributed by atoms with Gasteiger partial charge in [-0.3, -0.25) is 9.79 Å². The average molecular weight is 453 g/mol. The fourth-order valence-electron chi connectivity index (χ4n) is 3.40. The summed E-state index contributed by atoms with van der Waals surface area (Å²) in [6.07, 6.45) is -5.30. The Hall–Kier alpha value is -2.03. The molecule has 1 aromatic rings. The molecule has 1 aliphatic heterocycles. The van der Waals surface area contributed by atoms with E-state index in [2.05, 4.69) is 10.3 Å². The number of nitrogens with one attached hydrogen (secondary N) is 1. The zero-order valence-electron chi connectivity index (χ0n) is 15.7. The first-order valence-electron chi connectivity index (χ1n) is 9.40. The summed E-state index contributed by atoms with van der Waals surface area (Å²) in [4.78, 5) is 16.1. The van der Waals surface area contributed by atoms with E-state index in [1.54, 1.807) is 0 Å². The second-order valence-corrected chi connectivity index (χ2v) is 7.87. The van der Waals surface area contributed by atoms with Crippen LogP contribution in [0.1, 0.15) is 41.6 Å². The number of alkyl halides is 6. The summed E-state index contributed by atoms with van der Waals surface area (Å²) >= 11 is 5.79.